The number of imidazole rings is 2. The van der Waals surface area contributed by atoms with Crippen molar-refractivity contribution in [1.82, 2.24) is 28.7 Å². The van der Waals surface area contributed by atoms with Crippen LogP contribution in [0.1, 0.15) is 0 Å². The molecule has 112 valence electrons. The van der Waals surface area contributed by atoms with E-state index in [0.717, 1.165) is 14.9 Å². The first-order chi connectivity index (χ1) is 10.5. The molecule has 0 saturated heterocycles. The Balaban J connectivity index is 0.000000131. The van der Waals surface area contributed by atoms with Gasteiger partial charge in [-0.25, -0.2) is 19.9 Å². The van der Waals surface area contributed by atoms with Crippen molar-refractivity contribution >= 4 is 64.9 Å². The predicted octanol–water partition coefficient (Wildman–Crippen LogP) is 3.33. The van der Waals surface area contributed by atoms with Crippen molar-refractivity contribution in [1.29, 1.82) is 0 Å². The van der Waals surface area contributed by atoms with Crippen LogP contribution in [0.15, 0.2) is 51.0 Å². The minimum atomic E-state index is 0.435. The first-order valence-electron chi connectivity index (χ1n) is 5.94. The van der Waals surface area contributed by atoms with E-state index >= 15 is 0 Å². The van der Waals surface area contributed by atoms with E-state index in [1.165, 1.54) is 0 Å². The number of hydrogen-bond acceptors (Lipinski definition) is 5. The van der Waals surface area contributed by atoms with Crippen LogP contribution < -0.4 is 5.73 Å². The minimum absolute atomic E-state index is 0.435. The Labute approximate surface area is 150 Å². The molecule has 0 aliphatic heterocycles. The maximum Gasteiger partial charge on any atom is 0.179 e. The van der Waals surface area contributed by atoms with Crippen LogP contribution >= 0.6 is 47.8 Å². The highest BCUT2D eigenvalue weighted by Crippen LogP contribution is 2.16. The van der Waals surface area contributed by atoms with Crippen molar-refractivity contribution in [3.63, 3.8) is 0 Å². The second-order valence-electron chi connectivity index (χ2n) is 4.12. The maximum absolute atomic E-state index is 5.58. The van der Waals surface area contributed by atoms with Crippen LogP contribution in [0.25, 0.3) is 11.3 Å². The molecular formula is C12H8Br3N7. The first-order valence-corrected chi connectivity index (χ1v) is 8.32. The Bertz CT molecular complexity index is 868. The van der Waals surface area contributed by atoms with E-state index in [2.05, 4.69) is 67.7 Å². The molecule has 7 nitrogen and oxygen atoms in total. The van der Waals surface area contributed by atoms with Gasteiger partial charge >= 0.3 is 0 Å². The van der Waals surface area contributed by atoms with Gasteiger partial charge in [-0.15, -0.1) is 0 Å². The Morgan fingerprint density at radius 2 is 1.36 bits per heavy atom. The van der Waals surface area contributed by atoms with Gasteiger partial charge in [0, 0.05) is 37.2 Å². The van der Waals surface area contributed by atoms with Gasteiger partial charge in [0.05, 0.1) is 0 Å². The van der Waals surface area contributed by atoms with Crippen LogP contribution in [0.4, 0.5) is 5.82 Å². The summed E-state index contributed by atoms with van der Waals surface area (Å²) in [6.45, 7) is 0. The lowest BCUT2D eigenvalue weighted by Crippen LogP contribution is -1.96. The van der Waals surface area contributed by atoms with E-state index in [9.17, 15) is 0 Å². The number of nitrogens with two attached hydrogens (primary N) is 1. The average Bonchev–Trinajstić information content (AvgIpc) is 3.07. The highest BCUT2D eigenvalue weighted by Gasteiger charge is 2.01. The molecular weight excluding hydrogens is 482 g/mol. The van der Waals surface area contributed by atoms with Gasteiger partial charge in [0.2, 0.25) is 0 Å². The lowest BCUT2D eigenvalue weighted by Gasteiger charge is -1.96. The van der Waals surface area contributed by atoms with Gasteiger partial charge in [-0.3, -0.25) is 0 Å². The van der Waals surface area contributed by atoms with Crippen molar-refractivity contribution in [2.24, 2.45) is 0 Å². The fourth-order valence-electron chi connectivity index (χ4n) is 1.79. The molecule has 0 saturated carbocycles. The normalized spacial score (nSPS) is 10.7. The number of rotatable bonds is 0. The second-order valence-corrected chi connectivity index (χ2v) is 6.50. The van der Waals surface area contributed by atoms with Gasteiger partial charge in [-0.1, -0.05) is 0 Å². The monoisotopic (exact) mass is 487 g/mol. The largest absolute Gasteiger partial charge is 0.381 e. The van der Waals surface area contributed by atoms with E-state index in [4.69, 9.17) is 5.73 Å². The van der Waals surface area contributed by atoms with Crippen LogP contribution in [0.3, 0.4) is 0 Å². The summed E-state index contributed by atoms with van der Waals surface area (Å²) < 4.78 is 5.94. The van der Waals surface area contributed by atoms with Crippen LogP contribution in [0, 0.1) is 0 Å². The van der Waals surface area contributed by atoms with Crippen LogP contribution in [-0.2, 0) is 0 Å². The molecule has 0 bridgehead atoms. The van der Waals surface area contributed by atoms with Crippen LogP contribution in [-0.4, -0.2) is 28.7 Å². The third-order valence-electron chi connectivity index (χ3n) is 2.67. The molecule has 22 heavy (non-hydrogen) atoms. The van der Waals surface area contributed by atoms with E-state index < -0.39 is 0 Å². The van der Waals surface area contributed by atoms with E-state index in [1.807, 2.05) is 27.4 Å². The van der Waals surface area contributed by atoms with Crippen LogP contribution in [0.5, 0.6) is 0 Å². The molecule has 0 radical (unpaired) electrons. The molecule has 0 atom stereocenters. The summed E-state index contributed by atoms with van der Waals surface area (Å²) in [6.07, 6.45) is 10.8. The Morgan fingerprint density at radius 1 is 0.818 bits per heavy atom. The summed E-state index contributed by atoms with van der Waals surface area (Å²) in [5.41, 5.74) is 7.09. The second kappa shape index (κ2) is 6.31. The van der Waals surface area contributed by atoms with Gasteiger partial charge < -0.3 is 14.5 Å². The third kappa shape index (κ3) is 3.13. The SMILES string of the molecule is Brc1cn2ccnc2c(Br)n1.Nc1nc(Br)cn2ccnc12. The standard InChI is InChI=1S/C6H3Br2N3.C6H5BrN4/c2*7-4-3-11-2-1-9-6(11)5(8)10-4/h1-3H;1-3H,(H2,8,10). The van der Waals surface area contributed by atoms with Gasteiger partial charge in [0.25, 0.3) is 0 Å². The third-order valence-corrected chi connectivity index (χ3v) is 3.97. The number of anilines is 1. The van der Waals surface area contributed by atoms with Gasteiger partial charge in [0.15, 0.2) is 21.7 Å². The first kappa shape index (κ1) is 15.4. The summed E-state index contributed by atoms with van der Waals surface area (Å²) in [5, 5.41) is 0. The summed E-state index contributed by atoms with van der Waals surface area (Å²) in [6, 6.07) is 0. The van der Waals surface area contributed by atoms with Gasteiger partial charge in [-0.05, 0) is 47.8 Å². The van der Waals surface area contributed by atoms with Crippen molar-refractivity contribution in [2.45, 2.75) is 0 Å². The number of hydrogen-bond donors (Lipinski definition) is 1. The lowest BCUT2D eigenvalue weighted by molar-refractivity contribution is 1.08. The fourth-order valence-corrected chi connectivity index (χ4v) is 3.33. The molecule has 0 aliphatic carbocycles. The molecule has 4 aromatic heterocycles. The fraction of sp³-hybridized carbons (Fsp3) is 0. The van der Waals surface area contributed by atoms with Crippen molar-refractivity contribution < 1.29 is 0 Å². The average molecular weight is 490 g/mol. The van der Waals surface area contributed by atoms with Crippen molar-refractivity contribution in [3.8, 4) is 0 Å². The van der Waals surface area contributed by atoms with Crippen molar-refractivity contribution in [3.05, 3.63) is 51.0 Å². The highest BCUT2D eigenvalue weighted by atomic mass is 79.9. The zero-order chi connectivity index (χ0) is 15.7. The zero-order valence-electron chi connectivity index (χ0n) is 10.9. The van der Waals surface area contributed by atoms with E-state index in [1.54, 1.807) is 18.6 Å². The number of fused-ring (bicyclic) bond motifs is 2. The quantitative estimate of drug-likeness (QED) is 0.409. The van der Waals surface area contributed by atoms with Crippen molar-refractivity contribution in [2.75, 3.05) is 5.73 Å². The smallest absolute Gasteiger partial charge is 0.179 e. The summed E-state index contributed by atoms with van der Waals surface area (Å²) in [5.74, 6) is 0.435. The number of nitrogen functional groups attached to an aromatic ring is 1. The number of aromatic nitrogens is 6. The molecule has 10 heteroatoms. The van der Waals surface area contributed by atoms with Gasteiger partial charge in [-0.2, -0.15) is 0 Å². The molecule has 0 aromatic carbocycles. The Morgan fingerprint density at radius 3 is 2.05 bits per heavy atom. The summed E-state index contributed by atoms with van der Waals surface area (Å²) in [4.78, 5) is 16.2. The molecule has 4 rings (SSSR count). The summed E-state index contributed by atoms with van der Waals surface area (Å²) >= 11 is 9.81. The Hall–Kier alpha value is -1.52. The molecule has 2 N–H and O–H groups in total. The van der Waals surface area contributed by atoms with Crippen LogP contribution in [0.2, 0.25) is 0 Å². The highest BCUT2D eigenvalue weighted by molar-refractivity contribution is 9.11. The number of halogens is 3. The van der Waals surface area contributed by atoms with Gasteiger partial charge in [0.1, 0.15) is 9.21 Å². The Kier molecular flexibility index (Phi) is 4.41. The lowest BCUT2D eigenvalue weighted by atomic mass is 10.6. The minimum Gasteiger partial charge on any atom is -0.381 e. The topological polar surface area (TPSA) is 86.4 Å². The maximum atomic E-state index is 5.58. The zero-order valence-corrected chi connectivity index (χ0v) is 15.6. The predicted molar refractivity (Wildman–Crippen MR) is 93.5 cm³/mol. The number of nitrogens with zero attached hydrogens (tertiary/aromatic N) is 6. The molecule has 4 heterocycles. The molecule has 0 aliphatic rings. The molecule has 0 unspecified atom stereocenters. The molecule has 0 fully saturated rings. The molecule has 0 spiro atoms. The molecule has 0 amide bonds. The molecule has 4 aromatic rings. The van der Waals surface area contributed by atoms with E-state index in [-0.39, 0.29) is 0 Å². The summed E-state index contributed by atoms with van der Waals surface area (Å²) in [7, 11) is 0. The van der Waals surface area contributed by atoms with E-state index in [0.29, 0.717) is 16.1 Å².